The second kappa shape index (κ2) is 4.40. The van der Waals surface area contributed by atoms with Crippen LogP contribution in [0, 0.1) is 0 Å². The number of aliphatic carboxylic acids is 1. The Balaban J connectivity index is 4.71. The van der Waals surface area contributed by atoms with Crippen LogP contribution in [0.25, 0.3) is 0 Å². The summed E-state index contributed by atoms with van der Waals surface area (Å²) >= 11 is 9.88. The highest BCUT2D eigenvalue weighted by Gasteiger charge is 2.50. The first-order valence-corrected chi connectivity index (χ1v) is 4.14. The van der Waals surface area contributed by atoms with E-state index in [1.54, 1.807) is 0 Å². The largest absolute Gasteiger partial charge is 0.550 e. The molecule has 0 saturated carbocycles. The number of rotatable bonds is 3. The Morgan fingerprint density at radius 3 is 2.14 bits per heavy atom. The SMILES string of the molecule is CC(=CC(Cl)(Cl)C(F)(F)F)CC(=O)[O-]. The smallest absolute Gasteiger partial charge is 0.425 e. The molecule has 0 atom stereocenters. The van der Waals surface area contributed by atoms with Crippen LogP contribution in [0.3, 0.4) is 0 Å². The quantitative estimate of drug-likeness (QED) is 0.566. The van der Waals surface area contributed by atoms with Crippen LogP contribution >= 0.6 is 23.2 Å². The van der Waals surface area contributed by atoms with E-state index in [2.05, 4.69) is 0 Å². The summed E-state index contributed by atoms with van der Waals surface area (Å²) in [6, 6.07) is 0. The van der Waals surface area contributed by atoms with E-state index in [9.17, 15) is 23.1 Å². The van der Waals surface area contributed by atoms with E-state index < -0.39 is 22.9 Å². The molecule has 0 bridgehead atoms. The zero-order chi connectivity index (χ0) is 11.6. The fraction of sp³-hybridized carbons (Fsp3) is 0.571. The number of carboxylic acid groups (broad SMARTS) is 1. The van der Waals surface area contributed by atoms with Gasteiger partial charge in [-0.15, -0.1) is 0 Å². The number of allylic oxidation sites excluding steroid dienone is 1. The first-order valence-electron chi connectivity index (χ1n) is 3.39. The number of carbonyl (C=O) groups is 1. The number of alkyl halides is 5. The molecule has 0 aromatic carbocycles. The molecule has 0 N–H and O–H groups in total. The molecule has 14 heavy (non-hydrogen) atoms. The Labute approximate surface area is 88.3 Å². The fourth-order valence-electron chi connectivity index (χ4n) is 0.670. The zero-order valence-corrected chi connectivity index (χ0v) is 8.50. The van der Waals surface area contributed by atoms with Crippen molar-refractivity contribution < 1.29 is 23.1 Å². The van der Waals surface area contributed by atoms with Crippen molar-refractivity contribution >= 4 is 29.2 Å². The first-order chi connectivity index (χ1) is 6.06. The van der Waals surface area contributed by atoms with Crippen LogP contribution in [0.1, 0.15) is 13.3 Å². The van der Waals surface area contributed by atoms with Crippen LogP contribution in [0.4, 0.5) is 13.2 Å². The van der Waals surface area contributed by atoms with Crippen LogP contribution in [-0.4, -0.2) is 16.5 Å². The van der Waals surface area contributed by atoms with Crippen LogP contribution in [0.2, 0.25) is 0 Å². The third-order valence-corrected chi connectivity index (χ3v) is 1.88. The van der Waals surface area contributed by atoms with Crippen LogP contribution < -0.4 is 5.11 Å². The predicted octanol–water partition coefficient (Wildman–Crippen LogP) is 1.81. The Morgan fingerprint density at radius 2 is 1.86 bits per heavy atom. The first kappa shape index (κ1) is 13.6. The molecule has 82 valence electrons. The van der Waals surface area contributed by atoms with Gasteiger partial charge in [-0.2, -0.15) is 13.2 Å². The normalized spacial score (nSPS) is 14.3. The van der Waals surface area contributed by atoms with Crippen LogP contribution in [-0.2, 0) is 4.79 Å². The standard InChI is InChI=1S/C7H7Cl2F3O2/c1-4(2-5(13)14)3-6(8,9)7(10,11)12/h3H,2H2,1H3,(H,13,14)/p-1. The number of carboxylic acids is 1. The van der Waals surface area contributed by atoms with E-state index in [0.29, 0.717) is 6.08 Å². The molecule has 7 heteroatoms. The molecule has 2 nitrogen and oxygen atoms in total. The summed E-state index contributed by atoms with van der Waals surface area (Å²) in [5, 5.41) is 10.0. The van der Waals surface area contributed by atoms with Crippen molar-refractivity contribution in [1.82, 2.24) is 0 Å². The highest BCUT2D eigenvalue weighted by atomic mass is 35.5. The van der Waals surface area contributed by atoms with Crippen LogP contribution in [0.15, 0.2) is 11.6 Å². The molecule has 0 aliphatic carbocycles. The third-order valence-electron chi connectivity index (χ3n) is 1.23. The van der Waals surface area contributed by atoms with Crippen LogP contribution in [0.5, 0.6) is 0 Å². The second-order valence-electron chi connectivity index (χ2n) is 2.66. The van der Waals surface area contributed by atoms with E-state index in [1.807, 2.05) is 0 Å². The molecule has 0 radical (unpaired) electrons. The molecular formula is C7H6Cl2F3O2-. The van der Waals surface area contributed by atoms with E-state index in [4.69, 9.17) is 23.2 Å². The van der Waals surface area contributed by atoms with Gasteiger partial charge in [0.05, 0.1) is 0 Å². The lowest BCUT2D eigenvalue weighted by molar-refractivity contribution is -0.304. The van der Waals surface area contributed by atoms with Gasteiger partial charge in [-0.1, -0.05) is 28.8 Å². The number of hydrogen-bond donors (Lipinski definition) is 0. The lowest BCUT2D eigenvalue weighted by Gasteiger charge is -2.20. The Kier molecular flexibility index (Phi) is 4.27. The third kappa shape index (κ3) is 4.19. The summed E-state index contributed by atoms with van der Waals surface area (Å²) in [4.78, 5) is 10.0. The minimum Gasteiger partial charge on any atom is -0.550 e. The Hall–Kier alpha value is -0.420. The van der Waals surface area contributed by atoms with Crippen molar-refractivity contribution in [3.8, 4) is 0 Å². The molecule has 0 aromatic rings. The van der Waals surface area contributed by atoms with E-state index >= 15 is 0 Å². The molecule has 0 spiro atoms. The second-order valence-corrected chi connectivity index (χ2v) is 4.05. The van der Waals surface area contributed by atoms with Gasteiger partial charge in [0.25, 0.3) is 0 Å². The van der Waals surface area contributed by atoms with Gasteiger partial charge in [0, 0.05) is 12.4 Å². The molecule has 0 fully saturated rings. The van der Waals surface area contributed by atoms with Gasteiger partial charge < -0.3 is 9.90 Å². The summed E-state index contributed by atoms with van der Waals surface area (Å²) < 4.78 is 33.1. The van der Waals surface area contributed by atoms with Crippen molar-refractivity contribution in [1.29, 1.82) is 0 Å². The molecule has 0 unspecified atom stereocenters. The topological polar surface area (TPSA) is 40.1 Å². The molecule has 0 heterocycles. The van der Waals surface area contributed by atoms with E-state index in [-0.39, 0.29) is 5.57 Å². The average molecular weight is 250 g/mol. The van der Waals surface area contributed by atoms with E-state index in [0.717, 1.165) is 0 Å². The molecule has 0 saturated heterocycles. The summed E-state index contributed by atoms with van der Waals surface area (Å²) in [5.74, 6) is -1.50. The Bertz CT molecular complexity index is 258. The maximum atomic E-state index is 12.1. The van der Waals surface area contributed by atoms with Crippen molar-refractivity contribution in [2.45, 2.75) is 23.9 Å². The number of hydrogen-bond acceptors (Lipinski definition) is 2. The predicted molar refractivity (Wildman–Crippen MR) is 43.9 cm³/mol. The fourth-order valence-corrected chi connectivity index (χ4v) is 1.04. The zero-order valence-electron chi connectivity index (χ0n) is 6.99. The molecule has 0 aliphatic rings. The van der Waals surface area contributed by atoms with Gasteiger partial charge in [-0.3, -0.25) is 0 Å². The van der Waals surface area contributed by atoms with Gasteiger partial charge in [0.15, 0.2) is 0 Å². The van der Waals surface area contributed by atoms with Crippen molar-refractivity contribution in [3.05, 3.63) is 11.6 Å². The molecule has 0 rings (SSSR count). The number of halogens is 5. The highest BCUT2D eigenvalue weighted by Crippen LogP contribution is 2.41. The summed E-state index contributed by atoms with van der Waals surface area (Å²) in [5.41, 5.74) is -0.118. The summed E-state index contributed by atoms with van der Waals surface area (Å²) in [7, 11) is 0. The molecule has 0 aliphatic heterocycles. The maximum Gasteiger partial charge on any atom is 0.425 e. The average Bonchev–Trinajstić information content (AvgIpc) is 1.79. The molecule has 0 aromatic heterocycles. The Morgan fingerprint density at radius 1 is 1.43 bits per heavy atom. The van der Waals surface area contributed by atoms with Gasteiger partial charge in [-0.25, -0.2) is 0 Å². The number of carbonyl (C=O) groups excluding carboxylic acids is 1. The van der Waals surface area contributed by atoms with Gasteiger partial charge >= 0.3 is 6.18 Å². The van der Waals surface area contributed by atoms with E-state index in [1.165, 1.54) is 6.92 Å². The lowest BCUT2D eigenvalue weighted by Crippen LogP contribution is -2.32. The molecular weight excluding hydrogens is 244 g/mol. The van der Waals surface area contributed by atoms with Crippen molar-refractivity contribution in [3.63, 3.8) is 0 Å². The molecule has 0 amide bonds. The minimum atomic E-state index is -4.84. The van der Waals surface area contributed by atoms with Crippen molar-refractivity contribution in [2.75, 3.05) is 0 Å². The van der Waals surface area contributed by atoms with Gasteiger partial charge in [0.2, 0.25) is 4.33 Å². The van der Waals surface area contributed by atoms with Gasteiger partial charge in [-0.05, 0) is 13.0 Å². The summed E-state index contributed by atoms with van der Waals surface area (Å²) in [6.45, 7) is 1.17. The lowest BCUT2D eigenvalue weighted by atomic mass is 10.2. The minimum absolute atomic E-state index is 0.118. The maximum absolute atomic E-state index is 12.1. The van der Waals surface area contributed by atoms with Gasteiger partial charge in [0.1, 0.15) is 0 Å². The summed E-state index contributed by atoms with van der Waals surface area (Å²) in [6.07, 6.45) is -5.05. The monoisotopic (exact) mass is 249 g/mol. The van der Waals surface area contributed by atoms with Crippen molar-refractivity contribution in [2.24, 2.45) is 0 Å². The highest BCUT2D eigenvalue weighted by molar-refractivity contribution is 6.50.